The van der Waals surface area contributed by atoms with E-state index in [0.29, 0.717) is 40.4 Å². The van der Waals surface area contributed by atoms with Crippen LogP contribution in [0.1, 0.15) is 11.1 Å². The Balaban J connectivity index is 1.30. The van der Waals surface area contributed by atoms with Crippen molar-refractivity contribution in [1.29, 1.82) is 0 Å². The van der Waals surface area contributed by atoms with E-state index in [9.17, 15) is 17.2 Å². The van der Waals surface area contributed by atoms with Crippen molar-refractivity contribution in [1.82, 2.24) is 19.3 Å². The average molecular weight is 619 g/mol. The molecule has 2 aromatic heterocycles. The monoisotopic (exact) mass is 617 g/mol. The molecule has 0 fully saturated rings. The van der Waals surface area contributed by atoms with Gasteiger partial charge in [-0.15, -0.1) is 0 Å². The SMILES string of the molecule is O=S(=O)(NCc1ccc(CNc2cc(-c3ccccc3Cl)nc3c(Br)cnn23)cc1)c1cc(F)ccc1F. The Morgan fingerprint density at radius 2 is 1.66 bits per heavy atom. The third-order valence-corrected chi connectivity index (χ3v) is 8.03. The number of hydrogen-bond acceptors (Lipinski definition) is 5. The van der Waals surface area contributed by atoms with Gasteiger partial charge >= 0.3 is 0 Å². The number of fused-ring (bicyclic) bond motifs is 1. The molecule has 5 rings (SSSR count). The van der Waals surface area contributed by atoms with E-state index >= 15 is 0 Å². The minimum atomic E-state index is -4.22. The predicted octanol–water partition coefficient (Wildman–Crippen LogP) is 6.18. The Bertz CT molecular complexity index is 1750. The van der Waals surface area contributed by atoms with Crippen molar-refractivity contribution in [3.05, 3.63) is 111 Å². The van der Waals surface area contributed by atoms with Crippen molar-refractivity contribution in [2.24, 2.45) is 0 Å². The molecular formula is C26H19BrClF2N5O2S. The van der Waals surface area contributed by atoms with Crippen LogP contribution in [-0.2, 0) is 23.1 Å². The van der Waals surface area contributed by atoms with Gasteiger partial charge in [0.15, 0.2) is 5.65 Å². The Labute approximate surface area is 230 Å². The highest BCUT2D eigenvalue weighted by Gasteiger charge is 2.19. The summed E-state index contributed by atoms with van der Waals surface area (Å²) in [6.07, 6.45) is 1.66. The molecule has 0 saturated carbocycles. The number of nitrogens with zero attached hydrogens (tertiary/aromatic N) is 3. The number of halogens is 4. The first-order chi connectivity index (χ1) is 18.2. The molecule has 0 saturated heterocycles. The van der Waals surface area contributed by atoms with E-state index in [2.05, 4.69) is 31.1 Å². The standard InChI is InChI=1S/C26H19BrClF2N5O2S/c27-20-15-32-35-25(12-23(34-26(20)35)19-3-1-2-4-21(19)28)31-13-16-5-7-17(8-6-16)14-33-38(36,37)24-11-18(29)9-10-22(24)30/h1-12,15,31,33H,13-14H2. The van der Waals surface area contributed by atoms with Crippen molar-refractivity contribution in [3.8, 4) is 11.3 Å². The van der Waals surface area contributed by atoms with E-state index < -0.39 is 26.6 Å². The molecular weight excluding hydrogens is 600 g/mol. The maximum atomic E-state index is 13.9. The predicted molar refractivity (Wildman–Crippen MR) is 145 cm³/mol. The van der Waals surface area contributed by atoms with Crippen LogP contribution in [-0.4, -0.2) is 23.0 Å². The Morgan fingerprint density at radius 3 is 2.39 bits per heavy atom. The van der Waals surface area contributed by atoms with Gasteiger partial charge in [-0.3, -0.25) is 0 Å². The van der Waals surface area contributed by atoms with Gasteiger partial charge in [-0.25, -0.2) is 26.9 Å². The minimum absolute atomic E-state index is 0.0838. The van der Waals surface area contributed by atoms with Crippen LogP contribution < -0.4 is 10.0 Å². The van der Waals surface area contributed by atoms with Gasteiger partial charge in [0, 0.05) is 29.7 Å². The molecule has 0 amide bonds. The van der Waals surface area contributed by atoms with Crippen molar-refractivity contribution >= 4 is 49.0 Å². The molecule has 2 N–H and O–H groups in total. The summed E-state index contributed by atoms with van der Waals surface area (Å²) in [4.78, 5) is 3.96. The van der Waals surface area contributed by atoms with Crippen molar-refractivity contribution in [3.63, 3.8) is 0 Å². The van der Waals surface area contributed by atoms with Crippen molar-refractivity contribution in [2.45, 2.75) is 18.0 Å². The van der Waals surface area contributed by atoms with E-state index in [4.69, 9.17) is 16.6 Å². The molecule has 7 nitrogen and oxygen atoms in total. The van der Waals surface area contributed by atoms with Gasteiger partial charge in [-0.05, 0) is 51.3 Å². The van der Waals surface area contributed by atoms with Crippen LogP contribution in [0.3, 0.4) is 0 Å². The number of anilines is 1. The zero-order chi connectivity index (χ0) is 26.9. The van der Waals surface area contributed by atoms with E-state index in [0.717, 1.165) is 27.7 Å². The Hall–Kier alpha value is -3.38. The maximum absolute atomic E-state index is 13.9. The third kappa shape index (κ3) is 5.56. The van der Waals surface area contributed by atoms with E-state index in [1.807, 2.05) is 36.4 Å². The summed E-state index contributed by atoms with van der Waals surface area (Å²) in [6, 6.07) is 18.8. The zero-order valence-electron chi connectivity index (χ0n) is 19.5. The Kier molecular flexibility index (Phi) is 7.44. The summed E-state index contributed by atoms with van der Waals surface area (Å²) in [5, 5.41) is 8.33. The molecule has 3 aromatic carbocycles. The summed E-state index contributed by atoms with van der Waals surface area (Å²) < 4.78 is 56.8. The fourth-order valence-electron chi connectivity index (χ4n) is 3.78. The summed E-state index contributed by atoms with van der Waals surface area (Å²) >= 11 is 9.88. The van der Waals surface area contributed by atoms with Gasteiger partial charge < -0.3 is 5.32 Å². The first kappa shape index (κ1) is 26.2. The fourth-order valence-corrected chi connectivity index (χ4v) is 5.46. The quantitative estimate of drug-likeness (QED) is 0.217. The molecule has 0 spiro atoms. The van der Waals surface area contributed by atoms with Crippen LogP contribution >= 0.6 is 27.5 Å². The average Bonchev–Trinajstić information content (AvgIpc) is 3.29. The van der Waals surface area contributed by atoms with Crippen LogP contribution in [0, 0.1) is 11.6 Å². The normalized spacial score (nSPS) is 11.7. The lowest BCUT2D eigenvalue weighted by atomic mass is 10.1. The number of aromatic nitrogens is 3. The van der Waals surface area contributed by atoms with E-state index in [-0.39, 0.29) is 6.54 Å². The molecule has 5 aromatic rings. The van der Waals surface area contributed by atoms with Crippen LogP contribution in [0.5, 0.6) is 0 Å². The second-order valence-corrected chi connectivity index (χ2v) is 11.3. The maximum Gasteiger partial charge on any atom is 0.243 e. The number of benzene rings is 3. The van der Waals surface area contributed by atoms with E-state index in [1.165, 1.54) is 0 Å². The highest BCUT2D eigenvalue weighted by Crippen LogP contribution is 2.30. The lowest BCUT2D eigenvalue weighted by Gasteiger charge is -2.12. The lowest BCUT2D eigenvalue weighted by Crippen LogP contribution is -2.24. The molecule has 38 heavy (non-hydrogen) atoms. The fraction of sp³-hybridized carbons (Fsp3) is 0.0769. The van der Waals surface area contributed by atoms with Gasteiger partial charge in [0.1, 0.15) is 22.3 Å². The second kappa shape index (κ2) is 10.8. The number of sulfonamides is 1. The van der Waals surface area contributed by atoms with Crippen LogP contribution in [0.15, 0.2) is 88.4 Å². The first-order valence-corrected chi connectivity index (χ1v) is 13.9. The van der Waals surface area contributed by atoms with Gasteiger partial charge in [0.2, 0.25) is 10.0 Å². The highest BCUT2D eigenvalue weighted by atomic mass is 79.9. The highest BCUT2D eigenvalue weighted by molar-refractivity contribution is 9.10. The van der Waals surface area contributed by atoms with E-state index in [1.54, 1.807) is 28.9 Å². The Morgan fingerprint density at radius 1 is 0.947 bits per heavy atom. The largest absolute Gasteiger partial charge is 0.366 e. The zero-order valence-corrected chi connectivity index (χ0v) is 22.7. The number of hydrogen-bond donors (Lipinski definition) is 2. The van der Waals surface area contributed by atoms with Crippen molar-refractivity contribution in [2.75, 3.05) is 5.32 Å². The molecule has 0 radical (unpaired) electrons. The third-order valence-electron chi connectivity index (χ3n) is 5.72. The molecule has 2 heterocycles. The number of rotatable bonds is 8. The second-order valence-electron chi connectivity index (χ2n) is 8.30. The summed E-state index contributed by atoms with van der Waals surface area (Å²) in [5.74, 6) is -1.16. The van der Waals surface area contributed by atoms with Gasteiger partial charge in [0.25, 0.3) is 0 Å². The molecule has 0 atom stereocenters. The summed E-state index contributed by atoms with van der Waals surface area (Å²) in [7, 11) is -4.22. The molecule has 12 heteroatoms. The minimum Gasteiger partial charge on any atom is -0.366 e. The first-order valence-electron chi connectivity index (χ1n) is 11.3. The molecule has 0 aliphatic heterocycles. The molecule has 0 aliphatic carbocycles. The van der Waals surface area contributed by atoms with Crippen LogP contribution in [0.2, 0.25) is 5.02 Å². The smallest absolute Gasteiger partial charge is 0.243 e. The summed E-state index contributed by atoms with van der Waals surface area (Å²) in [5.41, 5.74) is 3.67. The van der Waals surface area contributed by atoms with Gasteiger partial charge in [-0.1, -0.05) is 54.1 Å². The van der Waals surface area contributed by atoms with Gasteiger partial charge in [0.05, 0.1) is 16.4 Å². The molecule has 0 unspecified atom stereocenters. The number of nitrogens with one attached hydrogen (secondary N) is 2. The van der Waals surface area contributed by atoms with Crippen LogP contribution in [0.4, 0.5) is 14.6 Å². The molecule has 0 bridgehead atoms. The topological polar surface area (TPSA) is 88.4 Å². The lowest BCUT2D eigenvalue weighted by molar-refractivity contribution is 0.545. The van der Waals surface area contributed by atoms with Crippen LogP contribution in [0.25, 0.3) is 16.9 Å². The van der Waals surface area contributed by atoms with Crippen molar-refractivity contribution < 1.29 is 17.2 Å². The van der Waals surface area contributed by atoms with Gasteiger partial charge in [-0.2, -0.15) is 9.61 Å². The molecule has 194 valence electrons. The summed E-state index contributed by atoms with van der Waals surface area (Å²) in [6.45, 7) is 0.360. The molecule has 0 aliphatic rings.